The number of rotatable bonds is 8. The second-order valence-electron chi connectivity index (χ2n) is 9.65. The summed E-state index contributed by atoms with van der Waals surface area (Å²) in [6.45, 7) is 3.02. The fourth-order valence-electron chi connectivity index (χ4n) is 4.84. The molecule has 6 nitrogen and oxygen atoms in total. The SMILES string of the molecule is COc1ccc(-c2ccc(Nc3ccc(C(=O)NC4CCN(CC5=CCCC=C5)CC4)nc3)cc2)cc1. The molecule has 1 aromatic heterocycles. The molecule has 0 atom stereocenters. The largest absolute Gasteiger partial charge is 0.497 e. The highest BCUT2D eigenvalue weighted by Gasteiger charge is 2.22. The van der Waals surface area contributed by atoms with Crippen molar-refractivity contribution in [1.82, 2.24) is 15.2 Å². The number of hydrogen-bond donors (Lipinski definition) is 2. The molecule has 1 saturated heterocycles. The minimum Gasteiger partial charge on any atom is -0.497 e. The summed E-state index contributed by atoms with van der Waals surface area (Å²) < 4.78 is 5.23. The lowest BCUT2D eigenvalue weighted by Gasteiger charge is -2.32. The smallest absolute Gasteiger partial charge is 0.270 e. The number of benzene rings is 2. The molecule has 1 fully saturated rings. The number of aromatic nitrogens is 1. The first-order valence-corrected chi connectivity index (χ1v) is 13.0. The maximum atomic E-state index is 12.8. The van der Waals surface area contributed by atoms with Gasteiger partial charge in [0.2, 0.25) is 0 Å². The van der Waals surface area contributed by atoms with E-state index in [-0.39, 0.29) is 11.9 Å². The Labute approximate surface area is 219 Å². The zero-order chi connectivity index (χ0) is 25.5. The number of hydrogen-bond acceptors (Lipinski definition) is 5. The molecule has 1 aliphatic carbocycles. The molecule has 2 aliphatic rings. The molecular weight excluding hydrogens is 460 g/mol. The molecule has 2 N–H and O–H groups in total. The van der Waals surface area contributed by atoms with Crippen LogP contribution < -0.4 is 15.4 Å². The monoisotopic (exact) mass is 494 g/mol. The lowest BCUT2D eigenvalue weighted by Crippen LogP contribution is -2.45. The van der Waals surface area contributed by atoms with Crippen LogP contribution in [-0.2, 0) is 0 Å². The maximum Gasteiger partial charge on any atom is 0.270 e. The molecule has 190 valence electrons. The summed E-state index contributed by atoms with van der Waals surface area (Å²) in [5, 5.41) is 6.53. The van der Waals surface area contributed by atoms with Crippen LogP contribution in [0.5, 0.6) is 5.75 Å². The quantitative estimate of drug-likeness (QED) is 0.404. The molecule has 2 aromatic carbocycles. The predicted octanol–water partition coefficient (Wildman–Crippen LogP) is 5.97. The van der Waals surface area contributed by atoms with Gasteiger partial charge in [0, 0.05) is 31.4 Å². The van der Waals surface area contributed by atoms with Gasteiger partial charge in [-0.2, -0.15) is 0 Å². The highest BCUT2D eigenvalue weighted by atomic mass is 16.5. The number of methoxy groups -OCH3 is 1. The number of likely N-dealkylation sites (tertiary alicyclic amines) is 1. The van der Waals surface area contributed by atoms with Gasteiger partial charge in [-0.05, 0) is 78.8 Å². The van der Waals surface area contributed by atoms with Crippen molar-refractivity contribution in [3.05, 3.63) is 96.4 Å². The zero-order valence-corrected chi connectivity index (χ0v) is 21.3. The Bertz CT molecular complexity index is 1240. The van der Waals surface area contributed by atoms with Crippen LogP contribution in [0.25, 0.3) is 11.1 Å². The minimum absolute atomic E-state index is 0.105. The summed E-state index contributed by atoms with van der Waals surface area (Å²) >= 11 is 0. The standard InChI is InChI=1S/C31H34N4O2/c1-37-29-14-9-25(10-15-29)24-7-11-26(12-8-24)33-28-13-16-30(32-21-28)31(36)34-27-17-19-35(20-18-27)22-23-5-3-2-4-6-23/h3,5-16,21,27,33H,2,4,17-20,22H2,1H3,(H,34,36). The molecule has 3 aromatic rings. The van der Waals surface area contributed by atoms with E-state index >= 15 is 0 Å². The first-order chi connectivity index (χ1) is 18.2. The Kier molecular flexibility index (Phi) is 7.96. The zero-order valence-electron chi connectivity index (χ0n) is 21.3. The van der Waals surface area contributed by atoms with E-state index in [1.165, 1.54) is 5.57 Å². The maximum absolute atomic E-state index is 12.8. The summed E-state index contributed by atoms with van der Waals surface area (Å²) in [6.07, 6.45) is 12.8. The first kappa shape index (κ1) is 24.8. The van der Waals surface area contributed by atoms with Crippen molar-refractivity contribution in [2.45, 2.75) is 31.7 Å². The van der Waals surface area contributed by atoms with Crippen molar-refractivity contribution >= 4 is 17.3 Å². The fraction of sp³-hybridized carbons (Fsp3) is 0.290. The van der Waals surface area contributed by atoms with Gasteiger partial charge in [-0.25, -0.2) is 4.98 Å². The number of carbonyl (C=O) groups excluding carboxylic acids is 1. The van der Waals surface area contributed by atoms with Gasteiger partial charge in [0.1, 0.15) is 11.4 Å². The molecule has 5 rings (SSSR count). The number of amides is 1. The summed E-state index contributed by atoms with van der Waals surface area (Å²) in [7, 11) is 1.67. The molecule has 0 saturated carbocycles. The van der Waals surface area contributed by atoms with Crippen LogP contribution in [0.2, 0.25) is 0 Å². The van der Waals surface area contributed by atoms with E-state index in [9.17, 15) is 4.79 Å². The molecule has 0 radical (unpaired) electrons. The van der Waals surface area contributed by atoms with Crippen LogP contribution in [-0.4, -0.2) is 48.6 Å². The van der Waals surface area contributed by atoms with Crippen LogP contribution in [0.1, 0.15) is 36.2 Å². The Hall–Kier alpha value is -3.90. The van der Waals surface area contributed by atoms with Crippen LogP contribution in [0.3, 0.4) is 0 Å². The fourth-order valence-corrected chi connectivity index (χ4v) is 4.84. The van der Waals surface area contributed by atoms with Crippen LogP contribution >= 0.6 is 0 Å². The van der Waals surface area contributed by atoms with Crippen molar-refractivity contribution < 1.29 is 9.53 Å². The Morgan fingerprint density at radius 3 is 2.27 bits per heavy atom. The van der Waals surface area contributed by atoms with Crippen molar-refractivity contribution in [1.29, 1.82) is 0 Å². The second-order valence-corrected chi connectivity index (χ2v) is 9.65. The van der Waals surface area contributed by atoms with Crippen molar-refractivity contribution in [3.8, 4) is 16.9 Å². The van der Waals surface area contributed by atoms with E-state index in [0.29, 0.717) is 5.69 Å². The number of carbonyl (C=O) groups is 1. The average Bonchev–Trinajstić information content (AvgIpc) is 2.95. The molecule has 0 bridgehead atoms. The number of anilines is 2. The minimum atomic E-state index is -0.105. The van der Waals surface area contributed by atoms with Gasteiger partial charge in [0.25, 0.3) is 5.91 Å². The van der Waals surface area contributed by atoms with Crippen molar-refractivity contribution in [3.63, 3.8) is 0 Å². The predicted molar refractivity (Wildman–Crippen MR) is 149 cm³/mol. The van der Waals surface area contributed by atoms with E-state index in [0.717, 1.165) is 73.6 Å². The number of pyridine rings is 1. The van der Waals surface area contributed by atoms with Gasteiger partial charge in [-0.1, -0.05) is 42.5 Å². The van der Waals surface area contributed by atoms with Gasteiger partial charge >= 0.3 is 0 Å². The van der Waals surface area contributed by atoms with Crippen molar-refractivity contribution in [2.24, 2.45) is 0 Å². The third kappa shape index (κ3) is 6.66. The normalized spacial score (nSPS) is 16.2. The van der Waals surface area contributed by atoms with Gasteiger partial charge in [0.05, 0.1) is 19.0 Å². The Morgan fingerprint density at radius 1 is 0.946 bits per heavy atom. The summed E-state index contributed by atoms with van der Waals surface area (Å²) in [5.74, 6) is 0.740. The third-order valence-electron chi connectivity index (χ3n) is 6.99. The van der Waals surface area contributed by atoms with E-state index in [1.54, 1.807) is 19.4 Å². The number of nitrogens with zero attached hydrogens (tertiary/aromatic N) is 2. The Balaban J connectivity index is 1.10. The van der Waals surface area contributed by atoms with E-state index < -0.39 is 0 Å². The number of nitrogens with one attached hydrogen (secondary N) is 2. The molecule has 2 heterocycles. The molecule has 1 amide bonds. The molecule has 1 aliphatic heterocycles. The van der Waals surface area contributed by atoms with Crippen molar-refractivity contribution in [2.75, 3.05) is 32.1 Å². The van der Waals surface area contributed by atoms with Gasteiger partial charge in [0.15, 0.2) is 0 Å². The molecule has 0 spiro atoms. The van der Waals surface area contributed by atoms with Gasteiger partial charge in [-0.15, -0.1) is 0 Å². The highest BCUT2D eigenvalue weighted by Crippen LogP contribution is 2.25. The second kappa shape index (κ2) is 11.9. The highest BCUT2D eigenvalue weighted by molar-refractivity contribution is 5.92. The van der Waals surface area contributed by atoms with Gasteiger partial charge < -0.3 is 15.4 Å². The summed E-state index contributed by atoms with van der Waals surface area (Å²) in [5.41, 5.74) is 5.93. The van der Waals surface area contributed by atoms with Gasteiger partial charge in [-0.3, -0.25) is 9.69 Å². The van der Waals surface area contributed by atoms with Crippen LogP contribution in [0.15, 0.2) is 90.7 Å². The topological polar surface area (TPSA) is 66.5 Å². The number of ether oxygens (including phenoxy) is 1. The molecular formula is C31H34N4O2. The first-order valence-electron chi connectivity index (χ1n) is 13.0. The molecule has 0 unspecified atom stereocenters. The number of piperidine rings is 1. The van der Waals surface area contributed by atoms with E-state index in [4.69, 9.17) is 4.74 Å². The van der Waals surface area contributed by atoms with Crippen LogP contribution in [0, 0.1) is 0 Å². The lowest BCUT2D eigenvalue weighted by atomic mass is 10.0. The molecule has 6 heteroatoms. The third-order valence-corrected chi connectivity index (χ3v) is 6.99. The number of allylic oxidation sites excluding steroid dienone is 2. The van der Waals surface area contributed by atoms with Crippen LogP contribution in [0.4, 0.5) is 11.4 Å². The molecule has 37 heavy (non-hydrogen) atoms. The Morgan fingerprint density at radius 2 is 1.65 bits per heavy atom. The van der Waals surface area contributed by atoms with E-state index in [1.807, 2.05) is 42.5 Å². The van der Waals surface area contributed by atoms with E-state index in [2.05, 4.69) is 50.9 Å². The summed E-state index contributed by atoms with van der Waals surface area (Å²) in [4.78, 5) is 19.6. The summed E-state index contributed by atoms with van der Waals surface area (Å²) in [6, 6.07) is 20.1. The average molecular weight is 495 g/mol. The lowest BCUT2D eigenvalue weighted by molar-refractivity contribution is 0.0908.